The van der Waals surface area contributed by atoms with Crippen molar-refractivity contribution in [3.05, 3.63) is 12.2 Å². The van der Waals surface area contributed by atoms with Gasteiger partial charge in [-0.15, -0.1) is 0 Å². The van der Waals surface area contributed by atoms with Gasteiger partial charge in [0.15, 0.2) is 0 Å². The van der Waals surface area contributed by atoms with Crippen LogP contribution in [0.5, 0.6) is 0 Å². The van der Waals surface area contributed by atoms with E-state index >= 15 is 0 Å². The molecule has 0 unspecified atom stereocenters. The van der Waals surface area contributed by atoms with Crippen molar-refractivity contribution < 1.29 is 0 Å². The van der Waals surface area contributed by atoms with Crippen LogP contribution in [0.1, 0.15) is 27.7 Å². The summed E-state index contributed by atoms with van der Waals surface area (Å²) in [6.45, 7) is 9.21. The minimum Gasteiger partial charge on any atom is -0.300 e. The van der Waals surface area contributed by atoms with Crippen LogP contribution in [0, 0.1) is 11.8 Å². The largest absolute Gasteiger partial charge is 0.300 e. The van der Waals surface area contributed by atoms with Gasteiger partial charge in [-0.1, -0.05) is 26.0 Å². The first-order valence-electron chi connectivity index (χ1n) is 4.94. The summed E-state index contributed by atoms with van der Waals surface area (Å²) in [5, 5.41) is 0. The van der Waals surface area contributed by atoms with E-state index in [9.17, 15) is 0 Å². The predicted molar refractivity (Wildman–Crippen MR) is 54.2 cm³/mol. The average Bonchev–Trinajstić information content (AvgIpc) is 2.14. The van der Waals surface area contributed by atoms with Crippen LogP contribution in [-0.4, -0.2) is 24.0 Å². The van der Waals surface area contributed by atoms with Crippen LogP contribution >= 0.6 is 0 Å². The molecular formula is C11H21N. The fourth-order valence-corrected chi connectivity index (χ4v) is 1.78. The van der Waals surface area contributed by atoms with Gasteiger partial charge in [-0.25, -0.2) is 0 Å². The molecule has 0 spiro atoms. The van der Waals surface area contributed by atoms with E-state index in [0.717, 1.165) is 0 Å². The molecule has 70 valence electrons. The maximum atomic E-state index is 2.48. The summed E-state index contributed by atoms with van der Waals surface area (Å²) in [5.41, 5.74) is 0. The van der Waals surface area contributed by atoms with Crippen LogP contribution in [-0.2, 0) is 0 Å². The molecule has 0 fully saturated rings. The van der Waals surface area contributed by atoms with E-state index in [4.69, 9.17) is 0 Å². The number of hydrogen-bond donors (Lipinski definition) is 0. The van der Waals surface area contributed by atoms with Crippen molar-refractivity contribution in [1.29, 1.82) is 0 Å². The molecule has 0 amide bonds. The first-order valence-corrected chi connectivity index (χ1v) is 4.94. The van der Waals surface area contributed by atoms with Gasteiger partial charge in [0.1, 0.15) is 0 Å². The summed E-state index contributed by atoms with van der Waals surface area (Å²) in [5.74, 6) is 1.37. The molecule has 0 aromatic carbocycles. The second-order valence-corrected chi connectivity index (χ2v) is 4.25. The zero-order valence-corrected chi connectivity index (χ0v) is 8.91. The summed E-state index contributed by atoms with van der Waals surface area (Å²) >= 11 is 0. The fourth-order valence-electron chi connectivity index (χ4n) is 1.78. The smallest absolute Gasteiger partial charge is 0.0127 e. The van der Waals surface area contributed by atoms with Crippen molar-refractivity contribution in [3.63, 3.8) is 0 Å². The lowest BCUT2D eigenvalue weighted by Gasteiger charge is -2.33. The van der Waals surface area contributed by atoms with E-state index < -0.39 is 0 Å². The van der Waals surface area contributed by atoms with Crippen LogP contribution < -0.4 is 0 Å². The number of nitrogens with zero attached hydrogens (tertiary/aromatic N) is 1. The van der Waals surface area contributed by atoms with Gasteiger partial charge in [-0.05, 0) is 32.7 Å². The van der Waals surface area contributed by atoms with Crippen molar-refractivity contribution in [3.8, 4) is 0 Å². The molecule has 1 aliphatic heterocycles. The first-order chi connectivity index (χ1) is 5.54. The molecule has 1 rings (SSSR count). The molecule has 0 radical (unpaired) electrons. The van der Waals surface area contributed by atoms with E-state index in [2.05, 4.69) is 51.8 Å². The SMILES string of the molecule is C[C@@H]1C=C[C@H](C)[C@H](C)N(C)[C@@H]1C. The maximum Gasteiger partial charge on any atom is 0.0127 e. The van der Waals surface area contributed by atoms with E-state index in [1.165, 1.54) is 0 Å². The molecule has 0 N–H and O–H groups in total. The summed E-state index contributed by atoms with van der Waals surface area (Å²) in [6, 6.07) is 1.34. The van der Waals surface area contributed by atoms with E-state index in [-0.39, 0.29) is 0 Å². The normalized spacial score (nSPS) is 44.4. The van der Waals surface area contributed by atoms with Crippen molar-refractivity contribution >= 4 is 0 Å². The second-order valence-electron chi connectivity index (χ2n) is 4.25. The summed E-state index contributed by atoms with van der Waals surface area (Å²) < 4.78 is 0. The van der Waals surface area contributed by atoms with Crippen molar-refractivity contribution in [2.45, 2.75) is 39.8 Å². The monoisotopic (exact) mass is 167 g/mol. The van der Waals surface area contributed by atoms with Crippen molar-refractivity contribution in [2.24, 2.45) is 11.8 Å². The van der Waals surface area contributed by atoms with Gasteiger partial charge in [0.05, 0.1) is 0 Å². The molecule has 1 heteroatoms. The van der Waals surface area contributed by atoms with Crippen LogP contribution in [0.3, 0.4) is 0 Å². The molecule has 0 saturated heterocycles. The third kappa shape index (κ3) is 1.71. The first kappa shape index (κ1) is 9.79. The van der Waals surface area contributed by atoms with Crippen LogP contribution in [0.4, 0.5) is 0 Å². The summed E-state index contributed by atoms with van der Waals surface area (Å²) in [4.78, 5) is 2.48. The Bertz CT molecular complexity index is 156. The average molecular weight is 167 g/mol. The summed E-state index contributed by atoms with van der Waals surface area (Å²) in [7, 11) is 2.23. The van der Waals surface area contributed by atoms with Gasteiger partial charge in [0.2, 0.25) is 0 Å². The van der Waals surface area contributed by atoms with Crippen LogP contribution in [0.15, 0.2) is 12.2 Å². The highest BCUT2D eigenvalue weighted by Gasteiger charge is 2.25. The highest BCUT2D eigenvalue weighted by Crippen LogP contribution is 2.23. The molecule has 1 heterocycles. The van der Waals surface area contributed by atoms with Crippen molar-refractivity contribution in [1.82, 2.24) is 4.90 Å². The van der Waals surface area contributed by atoms with E-state index in [1.54, 1.807) is 0 Å². The molecule has 12 heavy (non-hydrogen) atoms. The Kier molecular flexibility index (Phi) is 2.94. The van der Waals surface area contributed by atoms with Gasteiger partial charge in [-0.3, -0.25) is 4.90 Å². The van der Waals surface area contributed by atoms with Crippen LogP contribution in [0.2, 0.25) is 0 Å². The van der Waals surface area contributed by atoms with Gasteiger partial charge < -0.3 is 0 Å². The number of hydrogen-bond acceptors (Lipinski definition) is 1. The Hall–Kier alpha value is -0.300. The van der Waals surface area contributed by atoms with Gasteiger partial charge >= 0.3 is 0 Å². The Balaban J connectivity index is 2.79. The Labute approximate surface area is 76.5 Å². The minimum atomic E-state index is 0.668. The maximum absolute atomic E-state index is 2.48. The highest BCUT2D eigenvalue weighted by molar-refractivity contribution is 5.01. The zero-order chi connectivity index (χ0) is 9.30. The molecule has 1 nitrogen and oxygen atoms in total. The predicted octanol–water partition coefficient (Wildman–Crippen LogP) is 2.54. The minimum absolute atomic E-state index is 0.668. The quantitative estimate of drug-likeness (QED) is 0.501. The molecule has 0 aromatic heterocycles. The molecule has 0 saturated carbocycles. The standard InChI is InChI=1S/C11H21N/c1-8-6-7-9(2)11(4)12(5)10(8)3/h6-11H,1-5H3/t8-,9+,10-,11+. The third-order valence-corrected chi connectivity index (χ3v) is 3.52. The molecule has 0 bridgehead atoms. The van der Waals surface area contributed by atoms with Gasteiger partial charge in [-0.2, -0.15) is 0 Å². The fraction of sp³-hybridized carbons (Fsp3) is 0.818. The topological polar surface area (TPSA) is 3.24 Å². The molecular weight excluding hydrogens is 146 g/mol. The zero-order valence-electron chi connectivity index (χ0n) is 8.91. The lowest BCUT2D eigenvalue weighted by Crippen LogP contribution is -2.41. The molecule has 4 atom stereocenters. The van der Waals surface area contributed by atoms with Crippen LogP contribution in [0.25, 0.3) is 0 Å². The lowest BCUT2D eigenvalue weighted by atomic mass is 10.0. The third-order valence-electron chi connectivity index (χ3n) is 3.52. The Morgan fingerprint density at radius 2 is 1.17 bits per heavy atom. The van der Waals surface area contributed by atoms with E-state index in [1.807, 2.05) is 0 Å². The Morgan fingerprint density at radius 1 is 0.833 bits per heavy atom. The Morgan fingerprint density at radius 3 is 1.50 bits per heavy atom. The molecule has 0 aromatic rings. The van der Waals surface area contributed by atoms with Crippen molar-refractivity contribution in [2.75, 3.05) is 7.05 Å². The molecule has 1 aliphatic rings. The highest BCUT2D eigenvalue weighted by atomic mass is 15.2. The second kappa shape index (κ2) is 3.61. The van der Waals surface area contributed by atoms with E-state index in [0.29, 0.717) is 23.9 Å². The number of rotatable bonds is 0. The molecule has 0 aliphatic carbocycles. The van der Waals surface area contributed by atoms with Gasteiger partial charge in [0.25, 0.3) is 0 Å². The lowest BCUT2D eigenvalue weighted by molar-refractivity contribution is 0.152. The summed E-state index contributed by atoms with van der Waals surface area (Å²) in [6.07, 6.45) is 4.71. The van der Waals surface area contributed by atoms with Gasteiger partial charge in [0, 0.05) is 12.1 Å².